The van der Waals surface area contributed by atoms with Crippen LogP contribution in [0.5, 0.6) is 0 Å². The largest absolute Gasteiger partial charge is 0.354 e. The molecular formula is C17H32ClN3O2. The van der Waals surface area contributed by atoms with Crippen molar-refractivity contribution in [3.8, 4) is 0 Å². The summed E-state index contributed by atoms with van der Waals surface area (Å²) in [6.07, 6.45) is 9.47. The van der Waals surface area contributed by atoms with E-state index in [9.17, 15) is 9.59 Å². The molecule has 23 heavy (non-hydrogen) atoms. The fraction of sp³-hybridized carbons (Fsp3) is 0.882. The molecule has 0 saturated heterocycles. The van der Waals surface area contributed by atoms with E-state index in [1.54, 1.807) is 0 Å². The van der Waals surface area contributed by atoms with Gasteiger partial charge in [-0.1, -0.05) is 25.7 Å². The quantitative estimate of drug-likeness (QED) is 0.645. The molecule has 2 rings (SSSR count). The van der Waals surface area contributed by atoms with Gasteiger partial charge in [-0.05, 0) is 38.5 Å². The molecule has 2 aliphatic carbocycles. The second kappa shape index (κ2) is 9.48. The van der Waals surface area contributed by atoms with Crippen LogP contribution >= 0.6 is 12.4 Å². The molecule has 0 aromatic rings. The summed E-state index contributed by atoms with van der Waals surface area (Å²) in [5.41, 5.74) is 5.84. The van der Waals surface area contributed by atoms with Gasteiger partial charge < -0.3 is 16.4 Å². The smallest absolute Gasteiger partial charge is 0.225 e. The van der Waals surface area contributed by atoms with Crippen LogP contribution in [0.2, 0.25) is 0 Å². The average Bonchev–Trinajstić information content (AvgIpc) is 2.95. The van der Waals surface area contributed by atoms with Crippen molar-refractivity contribution < 1.29 is 9.59 Å². The highest BCUT2D eigenvalue weighted by Gasteiger charge is 2.37. The van der Waals surface area contributed by atoms with E-state index >= 15 is 0 Å². The second-order valence-corrected chi connectivity index (χ2v) is 7.30. The van der Waals surface area contributed by atoms with Crippen molar-refractivity contribution in [2.45, 2.75) is 70.3 Å². The number of carbonyl (C=O) groups excluding carboxylic acids is 2. The fourth-order valence-corrected chi connectivity index (χ4v) is 3.85. The second-order valence-electron chi connectivity index (χ2n) is 7.30. The third kappa shape index (κ3) is 6.30. The molecule has 0 bridgehead atoms. The van der Waals surface area contributed by atoms with E-state index in [4.69, 9.17) is 5.73 Å². The highest BCUT2D eigenvalue weighted by molar-refractivity contribution is 5.85. The van der Waals surface area contributed by atoms with Crippen LogP contribution in [0.1, 0.15) is 64.7 Å². The van der Waals surface area contributed by atoms with Crippen molar-refractivity contribution in [3.63, 3.8) is 0 Å². The van der Waals surface area contributed by atoms with E-state index in [2.05, 4.69) is 10.6 Å². The molecule has 134 valence electrons. The molecule has 4 N–H and O–H groups in total. The number of hydrogen-bond donors (Lipinski definition) is 3. The molecule has 0 heterocycles. The lowest BCUT2D eigenvalue weighted by molar-refractivity contribution is -0.128. The first-order valence-corrected chi connectivity index (χ1v) is 8.82. The Bertz CT molecular complexity index is 395. The normalized spacial score (nSPS) is 28.0. The van der Waals surface area contributed by atoms with E-state index in [1.165, 1.54) is 25.7 Å². The summed E-state index contributed by atoms with van der Waals surface area (Å²) in [5, 5.41) is 5.83. The van der Waals surface area contributed by atoms with E-state index in [0.717, 1.165) is 25.7 Å². The van der Waals surface area contributed by atoms with Crippen LogP contribution in [-0.4, -0.2) is 30.4 Å². The zero-order valence-electron chi connectivity index (χ0n) is 14.2. The molecule has 0 radical (unpaired) electrons. The highest BCUT2D eigenvalue weighted by atomic mass is 35.5. The van der Waals surface area contributed by atoms with Gasteiger partial charge in [-0.15, -0.1) is 12.4 Å². The maximum atomic E-state index is 12.2. The van der Waals surface area contributed by atoms with Crippen LogP contribution in [0.3, 0.4) is 0 Å². The fourth-order valence-electron chi connectivity index (χ4n) is 3.85. The molecule has 0 aromatic heterocycles. The van der Waals surface area contributed by atoms with Gasteiger partial charge in [0.2, 0.25) is 11.8 Å². The van der Waals surface area contributed by atoms with Gasteiger partial charge in [-0.25, -0.2) is 0 Å². The third-order valence-electron chi connectivity index (χ3n) is 5.27. The first-order valence-electron chi connectivity index (χ1n) is 8.82. The molecule has 2 fully saturated rings. The molecule has 0 spiro atoms. The molecule has 5 nitrogen and oxygen atoms in total. The molecule has 2 aliphatic rings. The average molecular weight is 346 g/mol. The molecule has 2 atom stereocenters. The van der Waals surface area contributed by atoms with E-state index in [1.807, 2.05) is 6.92 Å². The van der Waals surface area contributed by atoms with Crippen LogP contribution < -0.4 is 16.4 Å². The number of rotatable bonds is 6. The van der Waals surface area contributed by atoms with Crippen molar-refractivity contribution in [2.24, 2.45) is 17.6 Å². The van der Waals surface area contributed by atoms with Gasteiger partial charge in [0.15, 0.2) is 0 Å². The van der Waals surface area contributed by atoms with Crippen LogP contribution in [0.4, 0.5) is 0 Å². The third-order valence-corrected chi connectivity index (χ3v) is 5.27. The minimum atomic E-state index is -0.395. The van der Waals surface area contributed by atoms with Crippen LogP contribution in [0.15, 0.2) is 0 Å². The predicted molar refractivity (Wildman–Crippen MR) is 94.4 cm³/mol. The lowest BCUT2D eigenvalue weighted by Crippen LogP contribution is -2.53. The standard InChI is InChI=1S/C17H31N3O2.ClH/c1-17(18)9-5-4-8-14(17)16(22)20-11-10-19-15(21)12-13-6-2-3-7-13;/h13-14H,2-12,18H2,1H3,(H,19,21)(H,20,22);1H. The van der Waals surface area contributed by atoms with Gasteiger partial charge in [0.25, 0.3) is 0 Å². The Morgan fingerprint density at radius 2 is 1.65 bits per heavy atom. The number of carbonyl (C=O) groups is 2. The first-order chi connectivity index (χ1) is 10.5. The minimum absolute atomic E-state index is 0. The number of nitrogens with one attached hydrogen (secondary N) is 2. The number of amides is 2. The number of hydrogen-bond acceptors (Lipinski definition) is 3. The molecule has 0 aromatic carbocycles. The van der Waals surface area contributed by atoms with Crippen LogP contribution in [0.25, 0.3) is 0 Å². The van der Waals surface area contributed by atoms with Crippen molar-refractivity contribution in [1.29, 1.82) is 0 Å². The zero-order valence-corrected chi connectivity index (χ0v) is 15.1. The molecule has 6 heteroatoms. The van der Waals surface area contributed by atoms with Gasteiger partial charge in [-0.3, -0.25) is 9.59 Å². The Balaban J connectivity index is 0.00000264. The summed E-state index contributed by atoms with van der Waals surface area (Å²) >= 11 is 0. The molecular weight excluding hydrogens is 314 g/mol. The number of halogens is 1. The Morgan fingerprint density at radius 3 is 2.30 bits per heavy atom. The Kier molecular flexibility index (Phi) is 8.34. The summed E-state index contributed by atoms with van der Waals surface area (Å²) in [5.74, 6) is 0.613. The molecule has 0 aliphatic heterocycles. The van der Waals surface area contributed by atoms with Gasteiger partial charge in [0, 0.05) is 25.0 Å². The van der Waals surface area contributed by atoms with Gasteiger partial charge >= 0.3 is 0 Å². The van der Waals surface area contributed by atoms with Crippen molar-refractivity contribution in [3.05, 3.63) is 0 Å². The SMILES string of the molecule is CC1(N)CCCCC1C(=O)NCCNC(=O)CC1CCCC1.Cl. The maximum absolute atomic E-state index is 12.2. The maximum Gasteiger partial charge on any atom is 0.225 e. The Labute approximate surface area is 145 Å². The van der Waals surface area contributed by atoms with Gasteiger partial charge in [0.05, 0.1) is 5.92 Å². The van der Waals surface area contributed by atoms with E-state index in [-0.39, 0.29) is 30.1 Å². The van der Waals surface area contributed by atoms with E-state index < -0.39 is 5.54 Å². The van der Waals surface area contributed by atoms with Gasteiger partial charge in [-0.2, -0.15) is 0 Å². The Hall–Kier alpha value is -0.810. The van der Waals surface area contributed by atoms with Crippen molar-refractivity contribution in [2.75, 3.05) is 13.1 Å². The van der Waals surface area contributed by atoms with Crippen LogP contribution in [0, 0.1) is 11.8 Å². The molecule has 2 saturated carbocycles. The topological polar surface area (TPSA) is 84.2 Å². The summed E-state index contributed by atoms with van der Waals surface area (Å²) in [4.78, 5) is 24.0. The molecule has 2 amide bonds. The van der Waals surface area contributed by atoms with Crippen molar-refractivity contribution >= 4 is 24.2 Å². The highest BCUT2D eigenvalue weighted by Crippen LogP contribution is 2.31. The summed E-state index contributed by atoms with van der Waals surface area (Å²) in [7, 11) is 0. The lowest BCUT2D eigenvalue weighted by atomic mass is 9.74. The minimum Gasteiger partial charge on any atom is -0.354 e. The lowest BCUT2D eigenvalue weighted by Gasteiger charge is -2.37. The van der Waals surface area contributed by atoms with Crippen LogP contribution in [-0.2, 0) is 9.59 Å². The monoisotopic (exact) mass is 345 g/mol. The van der Waals surface area contributed by atoms with Gasteiger partial charge in [0.1, 0.15) is 0 Å². The number of nitrogens with two attached hydrogens (primary N) is 1. The summed E-state index contributed by atoms with van der Waals surface area (Å²) < 4.78 is 0. The van der Waals surface area contributed by atoms with Crippen molar-refractivity contribution in [1.82, 2.24) is 10.6 Å². The molecule has 2 unspecified atom stereocenters. The zero-order chi connectivity index (χ0) is 16.0. The predicted octanol–water partition coefficient (Wildman–Crippen LogP) is 2.13. The summed E-state index contributed by atoms with van der Waals surface area (Å²) in [6.45, 7) is 2.97. The first kappa shape index (κ1) is 20.2. The Morgan fingerprint density at radius 1 is 1.04 bits per heavy atom. The van der Waals surface area contributed by atoms with E-state index in [0.29, 0.717) is 25.4 Å². The summed E-state index contributed by atoms with van der Waals surface area (Å²) in [6, 6.07) is 0.